The predicted molar refractivity (Wildman–Crippen MR) is 41.2 cm³/mol. The molecule has 0 aromatic rings. The molecule has 0 fully saturated rings. The van der Waals surface area contributed by atoms with Gasteiger partial charge in [-0.3, -0.25) is 4.79 Å². The SMILES string of the molecule is C=C(C)C(=O)N=CC.Cl. The van der Waals surface area contributed by atoms with Crippen molar-refractivity contribution in [3.8, 4) is 0 Å². The van der Waals surface area contributed by atoms with E-state index in [1.54, 1.807) is 13.8 Å². The first kappa shape index (κ1) is 11.2. The molecular formula is C6H10ClNO. The highest BCUT2D eigenvalue weighted by Crippen LogP contribution is 1.88. The minimum Gasteiger partial charge on any atom is -0.267 e. The first-order valence-corrected chi connectivity index (χ1v) is 2.37. The van der Waals surface area contributed by atoms with Crippen molar-refractivity contribution >= 4 is 24.5 Å². The zero-order chi connectivity index (χ0) is 6.57. The lowest BCUT2D eigenvalue weighted by atomic mass is 10.3. The molecule has 0 unspecified atom stereocenters. The Balaban J connectivity index is 0. The molecule has 0 saturated heterocycles. The average Bonchev–Trinajstić information content (AvgIpc) is 1.67. The van der Waals surface area contributed by atoms with Gasteiger partial charge in [-0.25, -0.2) is 4.99 Å². The summed E-state index contributed by atoms with van der Waals surface area (Å²) >= 11 is 0. The summed E-state index contributed by atoms with van der Waals surface area (Å²) in [5, 5.41) is 0. The number of rotatable bonds is 1. The molecular weight excluding hydrogens is 138 g/mol. The fraction of sp³-hybridized carbons (Fsp3) is 0.333. The highest BCUT2D eigenvalue weighted by atomic mass is 35.5. The Labute approximate surface area is 61.1 Å². The van der Waals surface area contributed by atoms with Crippen molar-refractivity contribution in [2.75, 3.05) is 0 Å². The molecule has 0 spiro atoms. The maximum atomic E-state index is 10.4. The van der Waals surface area contributed by atoms with Crippen molar-refractivity contribution < 1.29 is 4.79 Å². The molecule has 0 atom stereocenters. The molecule has 3 heteroatoms. The van der Waals surface area contributed by atoms with Crippen LogP contribution in [0.3, 0.4) is 0 Å². The Morgan fingerprint density at radius 2 is 2.11 bits per heavy atom. The van der Waals surface area contributed by atoms with Gasteiger partial charge in [-0.15, -0.1) is 12.4 Å². The number of hydrogen-bond donors (Lipinski definition) is 0. The summed E-state index contributed by atoms with van der Waals surface area (Å²) in [4.78, 5) is 13.9. The van der Waals surface area contributed by atoms with Crippen LogP contribution >= 0.6 is 12.4 Å². The summed E-state index contributed by atoms with van der Waals surface area (Å²) < 4.78 is 0. The third kappa shape index (κ3) is 5.24. The molecule has 0 aromatic heterocycles. The van der Waals surface area contributed by atoms with E-state index in [0.29, 0.717) is 5.57 Å². The minimum atomic E-state index is -0.243. The van der Waals surface area contributed by atoms with E-state index >= 15 is 0 Å². The van der Waals surface area contributed by atoms with Crippen LogP contribution < -0.4 is 0 Å². The number of carbonyl (C=O) groups excluding carboxylic acids is 1. The van der Waals surface area contributed by atoms with Crippen molar-refractivity contribution in [2.24, 2.45) is 4.99 Å². The normalized spacial score (nSPS) is 8.67. The predicted octanol–water partition coefficient (Wildman–Crippen LogP) is 1.60. The van der Waals surface area contributed by atoms with E-state index in [-0.39, 0.29) is 18.3 Å². The Morgan fingerprint density at radius 1 is 1.67 bits per heavy atom. The number of carbonyl (C=O) groups is 1. The molecule has 9 heavy (non-hydrogen) atoms. The van der Waals surface area contributed by atoms with Crippen LogP contribution in [0.4, 0.5) is 0 Å². The molecule has 0 aliphatic rings. The molecule has 0 aliphatic heterocycles. The van der Waals surface area contributed by atoms with E-state index in [9.17, 15) is 4.79 Å². The van der Waals surface area contributed by atoms with Gasteiger partial charge in [-0.2, -0.15) is 0 Å². The first-order chi connectivity index (χ1) is 3.68. The van der Waals surface area contributed by atoms with Crippen LogP contribution in [0.5, 0.6) is 0 Å². The molecule has 2 nitrogen and oxygen atoms in total. The van der Waals surface area contributed by atoms with E-state index in [2.05, 4.69) is 11.6 Å². The Morgan fingerprint density at radius 3 is 2.22 bits per heavy atom. The zero-order valence-electron chi connectivity index (χ0n) is 5.55. The van der Waals surface area contributed by atoms with Gasteiger partial charge in [0.1, 0.15) is 0 Å². The van der Waals surface area contributed by atoms with E-state index in [1.165, 1.54) is 6.21 Å². The second-order valence-corrected chi connectivity index (χ2v) is 1.47. The van der Waals surface area contributed by atoms with Crippen molar-refractivity contribution in [1.82, 2.24) is 0 Å². The summed E-state index contributed by atoms with van der Waals surface area (Å²) in [5.74, 6) is -0.243. The van der Waals surface area contributed by atoms with Crippen LogP contribution in [-0.2, 0) is 4.79 Å². The Hall–Kier alpha value is -0.630. The summed E-state index contributed by atoms with van der Waals surface area (Å²) in [6, 6.07) is 0. The summed E-state index contributed by atoms with van der Waals surface area (Å²) in [5.41, 5.74) is 0.475. The quantitative estimate of drug-likeness (QED) is 0.409. The third-order valence-corrected chi connectivity index (χ3v) is 0.611. The third-order valence-electron chi connectivity index (χ3n) is 0.611. The average molecular weight is 148 g/mol. The molecule has 0 rings (SSSR count). The summed E-state index contributed by atoms with van der Waals surface area (Å²) in [7, 11) is 0. The second-order valence-electron chi connectivity index (χ2n) is 1.47. The van der Waals surface area contributed by atoms with Gasteiger partial charge in [-0.05, 0) is 13.8 Å². The van der Waals surface area contributed by atoms with E-state index in [0.717, 1.165) is 0 Å². The lowest BCUT2D eigenvalue weighted by molar-refractivity contribution is -0.114. The molecule has 0 saturated carbocycles. The fourth-order valence-electron chi connectivity index (χ4n) is 0.227. The van der Waals surface area contributed by atoms with Crippen LogP contribution in [-0.4, -0.2) is 12.1 Å². The number of aliphatic imine (C=N–C) groups is 1. The number of halogens is 1. The number of amides is 1. The van der Waals surface area contributed by atoms with Gasteiger partial charge in [0, 0.05) is 11.8 Å². The minimum absolute atomic E-state index is 0. The molecule has 0 aliphatic carbocycles. The fourth-order valence-corrected chi connectivity index (χ4v) is 0.227. The van der Waals surface area contributed by atoms with E-state index in [1.807, 2.05) is 0 Å². The molecule has 0 bridgehead atoms. The summed E-state index contributed by atoms with van der Waals surface area (Å²) in [6.07, 6.45) is 1.46. The maximum absolute atomic E-state index is 10.4. The van der Waals surface area contributed by atoms with Gasteiger partial charge in [0.15, 0.2) is 0 Å². The van der Waals surface area contributed by atoms with Crippen LogP contribution in [0.2, 0.25) is 0 Å². The monoisotopic (exact) mass is 147 g/mol. The standard InChI is InChI=1S/C6H9NO.ClH/c1-4-7-6(8)5(2)3;/h4H,2H2,1,3H3;1H. The van der Waals surface area contributed by atoms with Gasteiger partial charge >= 0.3 is 0 Å². The van der Waals surface area contributed by atoms with Crippen LogP contribution in [0.25, 0.3) is 0 Å². The van der Waals surface area contributed by atoms with Crippen molar-refractivity contribution in [2.45, 2.75) is 13.8 Å². The van der Waals surface area contributed by atoms with Crippen LogP contribution in [0, 0.1) is 0 Å². The van der Waals surface area contributed by atoms with Gasteiger partial charge in [-0.1, -0.05) is 6.58 Å². The van der Waals surface area contributed by atoms with Crippen LogP contribution in [0.1, 0.15) is 13.8 Å². The maximum Gasteiger partial charge on any atom is 0.271 e. The van der Waals surface area contributed by atoms with Gasteiger partial charge in [0.2, 0.25) is 0 Å². The van der Waals surface area contributed by atoms with Crippen molar-refractivity contribution in [3.05, 3.63) is 12.2 Å². The van der Waals surface area contributed by atoms with Gasteiger partial charge in [0.25, 0.3) is 5.91 Å². The topological polar surface area (TPSA) is 29.4 Å². The first-order valence-electron chi connectivity index (χ1n) is 2.37. The lowest BCUT2D eigenvalue weighted by Crippen LogP contribution is -1.91. The molecule has 0 aromatic carbocycles. The van der Waals surface area contributed by atoms with Crippen LogP contribution in [0.15, 0.2) is 17.1 Å². The van der Waals surface area contributed by atoms with E-state index in [4.69, 9.17) is 0 Å². The molecule has 1 amide bonds. The lowest BCUT2D eigenvalue weighted by Gasteiger charge is -1.84. The van der Waals surface area contributed by atoms with Crippen molar-refractivity contribution in [3.63, 3.8) is 0 Å². The Kier molecular flexibility index (Phi) is 6.85. The second kappa shape index (κ2) is 5.51. The van der Waals surface area contributed by atoms with Gasteiger partial charge < -0.3 is 0 Å². The molecule has 0 N–H and O–H groups in total. The summed E-state index contributed by atoms with van der Waals surface area (Å²) in [6.45, 7) is 6.74. The highest BCUT2D eigenvalue weighted by molar-refractivity contribution is 5.96. The van der Waals surface area contributed by atoms with E-state index < -0.39 is 0 Å². The van der Waals surface area contributed by atoms with Gasteiger partial charge in [0.05, 0.1) is 0 Å². The highest BCUT2D eigenvalue weighted by Gasteiger charge is 1.93. The smallest absolute Gasteiger partial charge is 0.267 e. The zero-order valence-corrected chi connectivity index (χ0v) is 6.36. The molecule has 0 heterocycles. The largest absolute Gasteiger partial charge is 0.271 e. The number of nitrogens with zero attached hydrogens (tertiary/aromatic N) is 1. The Bertz CT molecular complexity index is 140. The number of hydrogen-bond acceptors (Lipinski definition) is 1. The molecule has 0 radical (unpaired) electrons. The van der Waals surface area contributed by atoms with Crippen molar-refractivity contribution in [1.29, 1.82) is 0 Å². The molecule has 52 valence electrons.